The summed E-state index contributed by atoms with van der Waals surface area (Å²) in [6.07, 6.45) is 2.44. The average molecular weight is 966 g/mol. The van der Waals surface area contributed by atoms with E-state index >= 15 is 0 Å². The number of fused-ring (bicyclic) bond motifs is 3. The van der Waals surface area contributed by atoms with Gasteiger partial charge >= 0.3 is 5.97 Å². The Morgan fingerprint density at radius 2 is 1.77 bits per heavy atom. The Morgan fingerprint density at radius 1 is 0.971 bits per heavy atom. The van der Waals surface area contributed by atoms with E-state index in [1.54, 1.807) is 36.0 Å². The molecule has 1 aromatic heterocycles. The van der Waals surface area contributed by atoms with E-state index in [0.717, 1.165) is 40.9 Å². The van der Waals surface area contributed by atoms with Crippen molar-refractivity contribution in [3.8, 4) is 17.2 Å². The van der Waals surface area contributed by atoms with Crippen molar-refractivity contribution in [3.05, 3.63) is 106 Å². The Balaban J connectivity index is 0.831. The number of hydrogen-bond acceptors (Lipinski definition) is 13. The summed E-state index contributed by atoms with van der Waals surface area (Å²) in [5.74, 6) is -3.08. The number of imide groups is 1. The first kappa shape index (κ1) is 48.6. The summed E-state index contributed by atoms with van der Waals surface area (Å²) in [6.45, 7) is 3.87. The Morgan fingerprint density at radius 3 is 2.54 bits per heavy atom. The van der Waals surface area contributed by atoms with Crippen molar-refractivity contribution in [2.75, 3.05) is 26.8 Å². The van der Waals surface area contributed by atoms with Crippen molar-refractivity contribution in [2.24, 2.45) is 7.05 Å². The molecule has 8 rings (SSSR count). The third kappa shape index (κ3) is 10.3. The fourth-order valence-electron chi connectivity index (χ4n) is 9.28. The predicted molar refractivity (Wildman–Crippen MR) is 249 cm³/mol. The number of carbonyl (C=O) groups is 5. The van der Waals surface area contributed by atoms with E-state index in [2.05, 4.69) is 20.9 Å². The lowest BCUT2D eigenvalue weighted by Gasteiger charge is -2.31. The minimum atomic E-state index is -4.01. The minimum absolute atomic E-state index is 0.0104. The van der Waals surface area contributed by atoms with Crippen molar-refractivity contribution in [1.29, 1.82) is 0 Å². The number of nitrogens with zero attached hydrogens (tertiary/aromatic N) is 5. The van der Waals surface area contributed by atoms with Crippen LogP contribution in [0.4, 0.5) is 0 Å². The number of sulfonamides is 1. The molecule has 4 aromatic carbocycles. The van der Waals surface area contributed by atoms with Gasteiger partial charge in [-0.05, 0) is 110 Å². The van der Waals surface area contributed by atoms with E-state index in [1.807, 2.05) is 38.1 Å². The van der Waals surface area contributed by atoms with E-state index in [-0.39, 0.29) is 60.7 Å². The summed E-state index contributed by atoms with van der Waals surface area (Å²) >= 11 is 0. The van der Waals surface area contributed by atoms with Gasteiger partial charge in [0.25, 0.3) is 17.7 Å². The predicted octanol–water partition coefficient (Wildman–Crippen LogP) is 4.35. The van der Waals surface area contributed by atoms with Gasteiger partial charge in [0.2, 0.25) is 15.9 Å². The van der Waals surface area contributed by atoms with Gasteiger partial charge in [0, 0.05) is 26.1 Å². The van der Waals surface area contributed by atoms with Crippen LogP contribution in [-0.2, 0) is 44.4 Å². The topological polar surface area (TPSA) is 249 Å². The Kier molecular flexibility index (Phi) is 14.3. The summed E-state index contributed by atoms with van der Waals surface area (Å²) < 4.78 is 49.2. The number of carboxylic acids is 1. The maximum atomic E-state index is 14.3. The van der Waals surface area contributed by atoms with Gasteiger partial charge in [0.05, 0.1) is 31.2 Å². The second kappa shape index (κ2) is 20.4. The molecule has 0 saturated carbocycles. The van der Waals surface area contributed by atoms with Crippen LogP contribution >= 0.6 is 0 Å². The van der Waals surface area contributed by atoms with Crippen molar-refractivity contribution in [1.82, 2.24) is 34.8 Å². The summed E-state index contributed by atoms with van der Waals surface area (Å²) in [5.41, 5.74) is 5.20. The van der Waals surface area contributed by atoms with Crippen LogP contribution in [-0.4, -0.2) is 118 Å². The molecule has 3 unspecified atom stereocenters. The first-order chi connectivity index (χ1) is 33.0. The number of ether oxygens (including phenoxy) is 3. The van der Waals surface area contributed by atoms with Gasteiger partial charge in [-0.25, -0.2) is 13.1 Å². The first-order valence-corrected chi connectivity index (χ1v) is 24.3. The zero-order valence-electron chi connectivity index (χ0n) is 38.8. The largest absolute Gasteiger partial charge is 0.494 e. The number of aliphatic hydroxyl groups is 1. The maximum absolute atomic E-state index is 14.3. The zero-order chi connectivity index (χ0) is 49.1. The molecule has 0 aliphatic carbocycles. The molecule has 20 heteroatoms. The average Bonchev–Trinajstić information content (AvgIpc) is 3.78. The van der Waals surface area contributed by atoms with Gasteiger partial charge in [-0.15, -0.1) is 5.10 Å². The number of carboxylic acid groups (broad SMARTS) is 1. The number of hydrogen-bond donors (Lipinski definition) is 4. The van der Waals surface area contributed by atoms with Crippen LogP contribution in [0, 0.1) is 6.92 Å². The minimum Gasteiger partial charge on any atom is -0.494 e. The molecule has 5 aromatic rings. The molecule has 4 amide bonds. The van der Waals surface area contributed by atoms with Gasteiger partial charge < -0.3 is 35.1 Å². The molecule has 4 N–H and O–H groups in total. The molecule has 0 spiro atoms. The summed E-state index contributed by atoms with van der Waals surface area (Å²) in [4.78, 5) is 64.8. The summed E-state index contributed by atoms with van der Waals surface area (Å²) in [7, 11) is -0.731. The molecular formula is C49H55N7O12S. The maximum Gasteiger partial charge on any atom is 0.304 e. The van der Waals surface area contributed by atoms with Crippen molar-refractivity contribution in [3.63, 3.8) is 0 Å². The molecule has 1 saturated heterocycles. The van der Waals surface area contributed by atoms with E-state index in [4.69, 9.17) is 14.2 Å². The monoisotopic (exact) mass is 965 g/mol. The molecule has 3 aliphatic heterocycles. The molecule has 3 aliphatic rings. The summed E-state index contributed by atoms with van der Waals surface area (Å²) in [5, 5.41) is 33.2. The number of aryl methyl sites for hydroxylation is 3. The smallest absolute Gasteiger partial charge is 0.304 e. The number of aliphatic hydroxyl groups excluding tert-OH is 1. The number of aliphatic carboxylic acids is 1. The number of carbonyl (C=O) groups excluding carboxylic acids is 4. The van der Waals surface area contributed by atoms with Gasteiger partial charge in [0.15, 0.2) is 6.61 Å². The van der Waals surface area contributed by atoms with E-state index < -0.39 is 63.9 Å². The van der Waals surface area contributed by atoms with Crippen molar-refractivity contribution in [2.45, 2.75) is 101 Å². The lowest BCUT2D eigenvalue weighted by molar-refractivity contribution is -0.137. The van der Waals surface area contributed by atoms with Crippen LogP contribution in [0.1, 0.15) is 106 Å². The number of piperidine rings is 1. The highest BCUT2D eigenvalue weighted by atomic mass is 32.2. The van der Waals surface area contributed by atoms with Gasteiger partial charge in [0.1, 0.15) is 51.6 Å². The molecule has 364 valence electrons. The first-order valence-electron chi connectivity index (χ1n) is 22.9. The SMILES string of the molecule is COc1cc(C(CC(=O)O)c2ccc(C)c(CN3C[C@@H](C)Oc4cc(CCCCCCNC(=O)COc5cccc6c5C(=O)N(C5CCC(O)NC5=O)C6=O)ccc4S3(=O)=O)c2)cc2nnn(C)c12. The molecule has 4 atom stereocenters. The van der Waals surface area contributed by atoms with E-state index in [9.17, 15) is 42.6 Å². The standard InChI is InChI=1S/C49H55N7O12S/c1-28-13-15-31(35(24-44(59)60)32-22-36-46(40(23-32)66-4)54(3)53-52-36)21-33(28)26-55-25-29(2)68-39-20-30(14-17-41(39)69(55,64)65)10-7-5-6-8-19-50-43(58)27-67-38-12-9-11-34-45(38)49(63)56(48(34)62)37-16-18-42(57)51-47(37)61/h9,11-15,17,20-23,29,35,37,42,57H,5-8,10,16,18-19,24-27H2,1-4H3,(H,50,58)(H,51,61)(H,59,60)/t29-,35?,37?,42?/m1/s1. The fourth-order valence-corrected chi connectivity index (χ4v) is 10.9. The van der Waals surface area contributed by atoms with Crippen LogP contribution < -0.4 is 24.8 Å². The number of rotatable bonds is 18. The fraction of sp³-hybridized carbons (Fsp3) is 0.408. The molecule has 19 nitrogen and oxygen atoms in total. The number of nitrogens with one attached hydrogen (secondary N) is 2. The zero-order valence-corrected chi connectivity index (χ0v) is 39.6. The van der Waals surface area contributed by atoms with Crippen molar-refractivity contribution < 1.29 is 56.8 Å². The lowest BCUT2D eigenvalue weighted by atomic mass is 9.86. The number of amides is 4. The Hall–Kier alpha value is -6.90. The molecule has 1 fully saturated rings. The van der Waals surface area contributed by atoms with Crippen LogP contribution in [0.2, 0.25) is 0 Å². The molecule has 4 heterocycles. The highest BCUT2D eigenvalue weighted by Crippen LogP contribution is 2.38. The number of methoxy groups -OCH3 is 1. The third-order valence-electron chi connectivity index (χ3n) is 12.8. The lowest BCUT2D eigenvalue weighted by Crippen LogP contribution is -2.55. The Bertz CT molecular complexity index is 2940. The van der Waals surface area contributed by atoms with Crippen molar-refractivity contribution >= 4 is 50.7 Å². The summed E-state index contributed by atoms with van der Waals surface area (Å²) in [6, 6.07) is 17.9. The Labute approximate surface area is 398 Å². The van der Waals surface area contributed by atoms with Gasteiger partial charge in [-0.2, -0.15) is 4.31 Å². The quantitative estimate of drug-likeness (QED) is 0.0705. The van der Waals surface area contributed by atoms with E-state index in [0.29, 0.717) is 53.0 Å². The molecule has 69 heavy (non-hydrogen) atoms. The van der Waals surface area contributed by atoms with Gasteiger partial charge in [-0.1, -0.05) is 48.4 Å². The van der Waals surface area contributed by atoms with E-state index in [1.165, 1.54) is 29.6 Å². The third-order valence-corrected chi connectivity index (χ3v) is 14.7. The molecule has 0 bridgehead atoms. The highest BCUT2D eigenvalue weighted by Gasteiger charge is 2.46. The second-order valence-corrected chi connectivity index (χ2v) is 19.6. The highest BCUT2D eigenvalue weighted by molar-refractivity contribution is 7.89. The van der Waals surface area contributed by atoms with Crippen LogP contribution in [0.25, 0.3) is 11.0 Å². The van der Waals surface area contributed by atoms with Crippen LogP contribution in [0.5, 0.6) is 17.2 Å². The van der Waals surface area contributed by atoms with Crippen LogP contribution in [0.15, 0.2) is 71.6 Å². The van der Waals surface area contributed by atoms with Crippen LogP contribution in [0.3, 0.4) is 0 Å². The number of aromatic nitrogens is 3. The number of benzene rings is 4. The molecule has 0 radical (unpaired) electrons. The molecular weight excluding hydrogens is 911 g/mol. The second-order valence-electron chi connectivity index (χ2n) is 17.7. The normalized spacial score (nSPS) is 19.3. The van der Waals surface area contributed by atoms with Gasteiger partial charge in [-0.3, -0.25) is 28.9 Å². The number of unbranched alkanes of at least 4 members (excludes halogenated alkanes) is 3.